The molecule has 0 atom stereocenters. The number of aliphatic hydroxyl groups is 1. The van der Waals surface area contributed by atoms with Crippen molar-refractivity contribution in [2.45, 2.75) is 33.0 Å². The zero-order chi connectivity index (χ0) is 15.8. The van der Waals surface area contributed by atoms with Gasteiger partial charge in [-0.2, -0.15) is 0 Å². The maximum atomic E-state index is 12.1. The number of nitrogens with zero attached hydrogens (tertiary/aromatic N) is 2. The van der Waals surface area contributed by atoms with E-state index in [1.54, 1.807) is 20.8 Å². The lowest BCUT2D eigenvalue weighted by Gasteiger charge is -2.19. The van der Waals surface area contributed by atoms with Gasteiger partial charge in [0, 0.05) is 29.3 Å². The van der Waals surface area contributed by atoms with Gasteiger partial charge in [0.1, 0.15) is 5.60 Å². The van der Waals surface area contributed by atoms with E-state index in [0.717, 1.165) is 0 Å². The Morgan fingerprint density at radius 1 is 1.43 bits per heavy atom. The Kier molecular flexibility index (Phi) is 3.69. The minimum atomic E-state index is -0.659. The number of nitro benzene ring substituents is 1. The molecule has 1 N–H and O–H groups in total. The molecular weight excluding hydrogens is 276 g/mol. The largest absolute Gasteiger partial charge is 0.443 e. The van der Waals surface area contributed by atoms with E-state index in [0.29, 0.717) is 16.5 Å². The molecule has 0 fully saturated rings. The number of aromatic nitrogens is 1. The lowest BCUT2D eigenvalue weighted by molar-refractivity contribution is -0.384. The third-order valence-corrected chi connectivity index (χ3v) is 2.84. The summed E-state index contributed by atoms with van der Waals surface area (Å²) in [5.74, 6) is 0. The van der Waals surface area contributed by atoms with Crippen LogP contribution in [0.3, 0.4) is 0 Å². The number of nitro groups is 1. The summed E-state index contributed by atoms with van der Waals surface area (Å²) in [4.78, 5) is 22.4. The summed E-state index contributed by atoms with van der Waals surface area (Å²) in [7, 11) is 0. The van der Waals surface area contributed by atoms with E-state index in [1.165, 1.54) is 29.0 Å². The van der Waals surface area contributed by atoms with Crippen LogP contribution in [0.4, 0.5) is 10.5 Å². The van der Waals surface area contributed by atoms with Crippen molar-refractivity contribution in [1.82, 2.24) is 4.57 Å². The van der Waals surface area contributed by atoms with Gasteiger partial charge < -0.3 is 9.84 Å². The van der Waals surface area contributed by atoms with E-state index in [9.17, 15) is 20.0 Å². The zero-order valence-corrected chi connectivity index (χ0v) is 12.0. The molecule has 1 aromatic carbocycles. The van der Waals surface area contributed by atoms with Crippen LogP contribution in [0.5, 0.6) is 0 Å². The van der Waals surface area contributed by atoms with Crippen LogP contribution >= 0.6 is 0 Å². The standard InChI is InChI=1S/C14H16N2O5/c1-14(2,3)21-13(18)15-7-9(8-17)11-6-10(16(19)20)4-5-12(11)15/h4-7,17H,8H2,1-3H3. The van der Waals surface area contributed by atoms with Crippen molar-refractivity contribution < 1.29 is 19.6 Å². The highest BCUT2D eigenvalue weighted by molar-refractivity contribution is 5.93. The topological polar surface area (TPSA) is 94.6 Å². The second-order valence-corrected chi connectivity index (χ2v) is 5.62. The predicted molar refractivity (Wildman–Crippen MR) is 76.1 cm³/mol. The third kappa shape index (κ3) is 3.03. The molecule has 0 spiro atoms. The minimum absolute atomic E-state index is 0.0980. The number of hydrogen-bond donors (Lipinski definition) is 1. The molecule has 7 nitrogen and oxygen atoms in total. The lowest BCUT2D eigenvalue weighted by atomic mass is 10.1. The smallest absolute Gasteiger partial charge is 0.419 e. The summed E-state index contributed by atoms with van der Waals surface area (Å²) in [5.41, 5.74) is 0.131. The molecule has 1 heterocycles. The van der Waals surface area contributed by atoms with E-state index in [1.807, 2.05) is 0 Å². The van der Waals surface area contributed by atoms with Crippen LogP contribution in [0, 0.1) is 10.1 Å². The number of carbonyl (C=O) groups excluding carboxylic acids is 1. The summed E-state index contributed by atoms with van der Waals surface area (Å²) in [6.07, 6.45) is 0.837. The Morgan fingerprint density at radius 2 is 2.10 bits per heavy atom. The fraction of sp³-hybridized carbons (Fsp3) is 0.357. The molecule has 1 aromatic heterocycles. The van der Waals surface area contributed by atoms with Crippen molar-refractivity contribution in [3.05, 3.63) is 40.1 Å². The molecule has 2 aromatic rings. The first-order valence-corrected chi connectivity index (χ1v) is 6.35. The molecular formula is C14H16N2O5. The van der Waals surface area contributed by atoms with Crippen molar-refractivity contribution in [3.63, 3.8) is 0 Å². The lowest BCUT2D eigenvalue weighted by Crippen LogP contribution is -2.26. The molecule has 0 saturated carbocycles. The molecule has 0 unspecified atom stereocenters. The summed E-state index contributed by atoms with van der Waals surface area (Å²) >= 11 is 0. The Balaban J connectivity index is 2.56. The van der Waals surface area contributed by atoms with Crippen molar-refractivity contribution >= 4 is 22.7 Å². The number of aliphatic hydroxyl groups excluding tert-OH is 1. The van der Waals surface area contributed by atoms with Crippen LogP contribution in [0.25, 0.3) is 10.9 Å². The number of rotatable bonds is 2. The van der Waals surface area contributed by atoms with Gasteiger partial charge in [0.05, 0.1) is 17.0 Å². The third-order valence-electron chi connectivity index (χ3n) is 2.84. The Labute approximate surface area is 120 Å². The molecule has 112 valence electrons. The van der Waals surface area contributed by atoms with E-state index >= 15 is 0 Å². The van der Waals surface area contributed by atoms with Gasteiger partial charge in [-0.3, -0.25) is 14.7 Å². The van der Waals surface area contributed by atoms with E-state index < -0.39 is 16.6 Å². The van der Waals surface area contributed by atoms with Crippen molar-refractivity contribution in [3.8, 4) is 0 Å². The monoisotopic (exact) mass is 292 g/mol. The average molecular weight is 292 g/mol. The molecule has 0 radical (unpaired) electrons. The van der Waals surface area contributed by atoms with Crippen molar-refractivity contribution in [2.24, 2.45) is 0 Å². The molecule has 0 amide bonds. The number of hydrogen-bond acceptors (Lipinski definition) is 5. The Bertz CT molecular complexity index is 712. The number of ether oxygens (including phenoxy) is 1. The number of carbonyl (C=O) groups is 1. The molecule has 0 bridgehead atoms. The highest BCUT2D eigenvalue weighted by Crippen LogP contribution is 2.27. The van der Waals surface area contributed by atoms with Gasteiger partial charge in [-0.1, -0.05) is 0 Å². The van der Waals surface area contributed by atoms with Crippen LogP contribution in [0.15, 0.2) is 24.4 Å². The maximum Gasteiger partial charge on any atom is 0.419 e. The summed E-state index contributed by atoms with van der Waals surface area (Å²) < 4.78 is 6.52. The van der Waals surface area contributed by atoms with Gasteiger partial charge in [0.15, 0.2) is 0 Å². The molecule has 21 heavy (non-hydrogen) atoms. The molecule has 0 saturated heterocycles. The highest BCUT2D eigenvalue weighted by atomic mass is 16.6. The summed E-state index contributed by atoms with van der Waals surface area (Å²) in [6, 6.07) is 4.11. The van der Waals surface area contributed by atoms with Gasteiger partial charge in [-0.25, -0.2) is 4.79 Å². The predicted octanol–water partition coefficient (Wildman–Crippen LogP) is 2.83. The van der Waals surface area contributed by atoms with E-state index in [4.69, 9.17) is 4.74 Å². The molecule has 0 aliphatic rings. The normalized spacial score (nSPS) is 11.6. The molecule has 0 aliphatic carbocycles. The van der Waals surface area contributed by atoms with Crippen LogP contribution in [0.1, 0.15) is 26.3 Å². The molecule has 7 heteroatoms. The average Bonchev–Trinajstić information content (AvgIpc) is 2.74. The summed E-state index contributed by atoms with van der Waals surface area (Å²) in [5, 5.41) is 20.6. The molecule has 0 aliphatic heterocycles. The zero-order valence-electron chi connectivity index (χ0n) is 12.0. The second kappa shape index (κ2) is 5.17. The SMILES string of the molecule is CC(C)(C)OC(=O)n1cc(CO)c2cc([N+](=O)[O-])ccc21. The van der Waals surface area contributed by atoms with E-state index in [2.05, 4.69) is 0 Å². The quantitative estimate of drug-likeness (QED) is 0.678. The van der Waals surface area contributed by atoms with Crippen LogP contribution in [-0.2, 0) is 11.3 Å². The molecule has 2 rings (SSSR count). The van der Waals surface area contributed by atoms with Crippen LogP contribution < -0.4 is 0 Å². The highest BCUT2D eigenvalue weighted by Gasteiger charge is 2.21. The maximum absolute atomic E-state index is 12.1. The number of non-ortho nitro benzene ring substituents is 1. The van der Waals surface area contributed by atoms with Gasteiger partial charge in [0.25, 0.3) is 5.69 Å². The Morgan fingerprint density at radius 3 is 2.62 bits per heavy atom. The van der Waals surface area contributed by atoms with Crippen molar-refractivity contribution in [2.75, 3.05) is 0 Å². The fourth-order valence-corrected chi connectivity index (χ4v) is 1.99. The number of fused-ring (bicyclic) bond motifs is 1. The van der Waals surface area contributed by atoms with Gasteiger partial charge in [-0.05, 0) is 26.8 Å². The van der Waals surface area contributed by atoms with Gasteiger partial charge in [0.2, 0.25) is 0 Å². The Hall–Kier alpha value is -2.41. The van der Waals surface area contributed by atoms with Crippen LogP contribution in [-0.4, -0.2) is 26.3 Å². The van der Waals surface area contributed by atoms with Crippen molar-refractivity contribution in [1.29, 1.82) is 0 Å². The first kappa shape index (κ1) is 15.0. The minimum Gasteiger partial charge on any atom is -0.443 e. The van der Waals surface area contributed by atoms with Gasteiger partial charge >= 0.3 is 6.09 Å². The second-order valence-electron chi connectivity index (χ2n) is 5.62. The van der Waals surface area contributed by atoms with E-state index in [-0.39, 0.29) is 12.3 Å². The van der Waals surface area contributed by atoms with Crippen LogP contribution in [0.2, 0.25) is 0 Å². The summed E-state index contributed by atoms with van der Waals surface area (Å²) in [6.45, 7) is 4.91. The first-order valence-electron chi connectivity index (χ1n) is 6.35. The first-order chi connectivity index (χ1) is 9.73. The number of benzene rings is 1. The van der Waals surface area contributed by atoms with Gasteiger partial charge in [-0.15, -0.1) is 0 Å². The fourth-order valence-electron chi connectivity index (χ4n) is 1.99.